The highest BCUT2D eigenvalue weighted by Crippen LogP contribution is 2.27. The minimum Gasteiger partial charge on any atom is -0.355 e. The quantitative estimate of drug-likeness (QED) is 0.648. The maximum Gasteiger partial charge on any atom is 0.239 e. The number of hydrogen-bond acceptors (Lipinski definition) is 3. The van der Waals surface area contributed by atoms with Crippen LogP contribution in [-0.4, -0.2) is 30.9 Å². The van der Waals surface area contributed by atoms with E-state index in [4.69, 9.17) is 5.73 Å². The molecule has 98 valence electrons. The van der Waals surface area contributed by atoms with Gasteiger partial charge in [-0.05, 0) is 25.7 Å². The van der Waals surface area contributed by atoms with Gasteiger partial charge in [-0.2, -0.15) is 0 Å². The Balaban J connectivity index is 2.39. The molecule has 3 unspecified atom stereocenters. The summed E-state index contributed by atoms with van der Waals surface area (Å²) in [7, 11) is 0. The fourth-order valence-corrected chi connectivity index (χ4v) is 2.31. The minimum atomic E-state index is -0.154. The predicted octanol–water partition coefficient (Wildman–Crippen LogP) is 0.00220. The van der Waals surface area contributed by atoms with Gasteiger partial charge in [0.25, 0.3) is 0 Å². The van der Waals surface area contributed by atoms with E-state index < -0.39 is 0 Å². The van der Waals surface area contributed by atoms with Crippen LogP contribution in [0.2, 0.25) is 0 Å². The molecule has 1 saturated carbocycles. The van der Waals surface area contributed by atoms with Crippen LogP contribution < -0.4 is 16.4 Å². The van der Waals surface area contributed by atoms with Gasteiger partial charge < -0.3 is 16.4 Å². The van der Waals surface area contributed by atoms with Gasteiger partial charge in [-0.3, -0.25) is 9.59 Å². The zero-order chi connectivity index (χ0) is 12.8. The van der Waals surface area contributed by atoms with E-state index in [1.807, 2.05) is 6.92 Å². The van der Waals surface area contributed by atoms with Crippen molar-refractivity contribution in [2.75, 3.05) is 13.1 Å². The van der Waals surface area contributed by atoms with E-state index in [2.05, 4.69) is 17.6 Å². The summed E-state index contributed by atoms with van der Waals surface area (Å²) in [5.74, 6) is -0.00859. The van der Waals surface area contributed by atoms with Crippen LogP contribution in [0.15, 0.2) is 0 Å². The minimum absolute atomic E-state index is 0.0459. The van der Waals surface area contributed by atoms with Crippen LogP contribution in [0.5, 0.6) is 0 Å². The lowest BCUT2D eigenvalue weighted by atomic mass is 9.78. The maximum absolute atomic E-state index is 11.9. The second-order valence-electron chi connectivity index (χ2n) is 4.76. The van der Waals surface area contributed by atoms with Gasteiger partial charge in [-0.25, -0.2) is 0 Å². The summed E-state index contributed by atoms with van der Waals surface area (Å²) in [6.07, 6.45) is 2.95. The molecule has 0 radical (unpaired) electrons. The van der Waals surface area contributed by atoms with Crippen molar-refractivity contribution in [2.45, 2.75) is 39.2 Å². The van der Waals surface area contributed by atoms with Gasteiger partial charge in [0.15, 0.2) is 0 Å². The molecule has 0 spiro atoms. The molecule has 5 nitrogen and oxygen atoms in total. The first-order chi connectivity index (χ1) is 8.06. The molecule has 5 heteroatoms. The van der Waals surface area contributed by atoms with Gasteiger partial charge in [-0.15, -0.1) is 0 Å². The number of carbonyl (C=O) groups excluding carboxylic acids is 2. The zero-order valence-corrected chi connectivity index (χ0v) is 10.7. The SMILES string of the molecule is CCNC(=O)CNC(=O)C1CCCC(C)C1N. The molecule has 1 fully saturated rings. The summed E-state index contributed by atoms with van der Waals surface area (Å²) < 4.78 is 0. The van der Waals surface area contributed by atoms with E-state index in [1.54, 1.807) is 0 Å². The van der Waals surface area contributed by atoms with E-state index in [0.717, 1.165) is 19.3 Å². The van der Waals surface area contributed by atoms with Gasteiger partial charge >= 0.3 is 0 Å². The van der Waals surface area contributed by atoms with Crippen molar-refractivity contribution >= 4 is 11.8 Å². The molecular formula is C12H23N3O2. The second kappa shape index (κ2) is 6.59. The van der Waals surface area contributed by atoms with Crippen LogP contribution in [0, 0.1) is 11.8 Å². The van der Waals surface area contributed by atoms with E-state index in [-0.39, 0.29) is 30.3 Å². The Morgan fingerprint density at radius 3 is 2.65 bits per heavy atom. The number of nitrogens with two attached hydrogens (primary N) is 1. The third-order valence-corrected chi connectivity index (χ3v) is 3.43. The van der Waals surface area contributed by atoms with E-state index in [0.29, 0.717) is 12.5 Å². The lowest BCUT2D eigenvalue weighted by molar-refractivity contribution is -0.130. The number of amides is 2. The number of carbonyl (C=O) groups is 2. The lowest BCUT2D eigenvalue weighted by Gasteiger charge is -2.32. The standard InChI is InChI=1S/C12H23N3O2/c1-3-14-10(16)7-15-12(17)9-6-4-5-8(2)11(9)13/h8-9,11H,3-7,13H2,1-2H3,(H,14,16)(H,15,17). The van der Waals surface area contributed by atoms with Crippen LogP contribution in [-0.2, 0) is 9.59 Å². The van der Waals surface area contributed by atoms with Crippen molar-refractivity contribution in [2.24, 2.45) is 17.6 Å². The van der Waals surface area contributed by atoms with E-state index in [1.165, 1.54) is 0 Å². The smallest absolute Gasteiger partial charge is 0.239 e. The van der Waals surface area contributed by atoms with Crippen LogP contribution in [0.1, 0.15) is 33.1 Å². The summed E-state index contributed by atoms with van der Waals surface area (Å²) >= 11 is 0. The Hall–Kier alpha value is -1.10. The normalized spacial score (nSPS) is 28.5. The molecule has 3 atom stereocenters. The molecule has 0 bridgehead atoms. The molecule has 1 rings (SSSR count). The number of rotatable bonds is 4. The summed E-state index contributed by atoms with van der Waals surface area (Å²) in [6.45, 7) is 4.55. The van der Waals surface area contributed by atoms with Crippen molar-refractivity contribution < 1.29 is 9.59 Å². The number of hydrogen-bond donors (Lipinski definition) is 3. The first-order valence-corrected chi connectivity index (χ1v) is 6.36. The average molecular weight is 241 g/mol. The number of nitrogens with one attached hydrogen (secondary N) is 2. The van der Waals surface area contributed by atoms with Crippen LogP contribution in [0.25, 0.3) is 0 Å². The highest BCUT2D eigenvalue weighted by Gasteiger charge is 2.32. The molecule has 0 saturated heterocycles. The molecule has 0 aliphatic heterocycles. The molecule has 17 heavy (non-hydrogen) atoms. The molecule has 0 aromatic carbocycles. The predicted molar refractivity (Wildman–Crippen MR) is 66.2 cm³/mol. The van der Waals surface area contributed by atoms with Gasteiger partial charge in [0.2, 0.25) is 11.8 Å². The van der Waals surface area contributed by atoms with Crippen molar-refractivity contribution in [1.82, 2.24) is 10.6 Å². The maximum atomic E-state index is 11.9. The van der Waals surface area contributed by atoms with Gasteiger partial charge in [0.1, 0.15) is 0 Å². The summed E-state index contributed by atoms with van der Waals surface area (Å²) in [5.41, 5.74) is 6.03. The fourth-order valence-electron chi connectivity index (χ4n) is 2.31. The Bertz CT molecular complexity index is 281. The Kier molecular flexibility index (Phi) is 5.41. The summed E-state index contributed by atoms with van der Waals surface area (Å²) in [6, 6.07) is -0.0852. The largest absolute Gasteiger partial charge is 0.355 e. The van der Waals surface area contributed by atoms with Crippen molar-refractivity contribution in [1.29, 1.82) is 0 Å². The summed E-state index contributed by atoms with van der Waals surface area (Å²) in [5, 5.41) is 5.30. The second-order valence-corrected chi connectivity index (χ2v) is 4.76. The van der Waals surface area contributed by atoms with Gasteiger partial charge in [0, 0.05) is 12.6 Å². The summed E-state index contributed by atoms with van der Waals surface area (Å²) in [4.78, 5) is 23.1. The third kappa shape index (κ3) is 4.00. The van der Waals surface area contributed by atoms with Crippen molar-refractivity contribution in [3.63, 3.8) is 0 Å². The first-order valence-electron chi connectivity index (χ1n) is 6.36. The highest BCUT2D eigenvalue weighted by atomic mass is 16.2. The Labute approximate surface area is 103 Å². The van der Waals surface area contributed by atoms with Crippen LogP contribution in [0.4, 0.5) is 0 Å². The van der Waals surface area contributed by atoms with Crippen molar-refractivity contribution in [3.8, 4) is 0 Å². The molecular weight excluding hydrogens is 218 g/mol. The molecule has 4 N–H and O–H groups in total. The lowest BCUT2D eigenvalue weighted by Crippen LogP contribution is -2.49. The Morgan fingerprint density at radius 1 is 1.29 bits per heavy atom. The monoisotopic (exact) mass is 241 g/mol. The van der Waals surface area contributed by atoms with Gasteiger partial charge in [-0.1, -0.05) is 13.3 Å². The van der Waals surface area contributed by atoms with Crippen LogP contribution >= 0.6 is 0 Å². The molecule has 1 aliphatic rings. The highest BCUT2D eigenvalue weighted by molar-refractivity contribution is 5.86. The molecule has 0 aromatic heterocycles. The number of likely N-dealkylation sites (N-methyl/N-ethyl adjacent to an activating group) is 1. The van der Waals surface area contributed by atoms with Gasteiger partial charge in [0.05, 0.1) is 12.5 Å². The fraction of sp³-hybridized carbons (Fsp3) is 0.833. The average Bonchev–Trinajstić information content (AvgIpc) is 2.30. The molecule has 2 amide bonds. The van der Waals surface area contributed by atoms with Crippen LogP contribution in [0.3, 0.4) is 0 Å². The third-order valence-electron chi connectivity index (χ3n) is 3.43. The zero-order valence-electron chi connectivity index (χ0n) is 10.7. The van der Waals surface area contributed by atoms with Crippen molar-refractivity contribution in [3.05, 3.63) is 0 Å². The first kappa shape index (κ1) is 14.0. The Morgan fingerprint density at radius 2 is 2.00 bits per heavy atom. The molecule has 0 heterocycles. The molecule has 1 aliphatic carbocycles. The van der Waals surface area contributed by atoms with E-state index >= 15 is 0 Å². The molecule has 0 aromatic rings. The van der Waals surface area contributed by atoms with E-state index in [9.17, 15) is 9.59 Å². The topological polar surface area (TPSA) is 84.2 Å².